The second-order valence-corrected chi connectivity index (χ2v) is 23.6. The van der Waals surface area contributed by atoms with Crippen LogP contribution in [0.2, 0.25) is 0 Å². The van der Waals surface area contributed by atoms with Gasteiger partial charge in [0.2, 0.25) is 5.43 Å². The number of pyridine rings is 1. The highest BCUT2D eigenvalue weighted by Crippen LogP contribution is 2.41. The molecule has 4 aliphatic rings. The fourth-order valence-corrected chi connectivity index (χ4v) is 12.0. The molecular formula is C58H91N3O16. The molecule has 0 spiro atoms. The Labute approximate surface area is 455 Å². The van der Waals surface area contributed by atoms with Crippen LogP contribution in [0.1, 0.15) is 143 Å². The third-order valence-corrected chi connectivity index (χ3v) is 16.7. The zero-order chi connectivity index (χ0) is 56.9. The molecule has 1 aromatic heterocycles. The first-order chi connectivity index (χ1) is 36.1. The Balaban J connectivity index is 1.15. The molecule has 19 nitrogen and oxygen atoms in total. The molecule has 0 radical (unpaired) electrons. The average molecular weight is 1090 g/mol. The maximum atomic E-state index is 14.6. The van der Waals surface area contributed by atoms with E-state index in [0.29, 0.717) is 62.1 Å². The number of hydrogen-bond donors (Lipinski definition) is 5. The molecule has 4 heterocycles. The third kappa shape index (κ3) is 14.9. The van der Waals surface area contributed by atoms with E-state index >= 15 is 0 Å². The van der Waals surface area contributed by atoms with Crippen LogP contribution in [-0.4, -0.2) is 197 Å². The number of hydrogen-bond acceptors (Lipinski definition) is 17. The average Bonchev–Trinajstić information content (AvgIpc) is 4.22. The Bertz CT molecular complexity index is 2420. The lowest BCUT2D eigenvalue weighted by molar-refractivity contribution is -0.320. The summed E-state index contributed by atoms with van der Waals surface area (Å²) in [4.78, 5) is 43.3. The maximum Gasteiger partial charge on any atom is 0.341 e. The summed E-state index contributed by atoms with van der Waals surface area (Å²) in [6.45, 7) is 19.5. The monoisotopic (exact) mass is 1090 g/mol. The fraction of sp³-hybridized carbons (Fsp3) is 0.776. The van der Waals surface area contributed by atoms with Crippen LogP contribution < -0.4 is 5.43 Å². The van der Waals surface area contributed by atoms with Gasteiger partial charge in [-0.2, -0.15) is 0 Å². The molecule has 1 saturated carbocycles. The number of carboxylic acid groups (broad SMARTS) is 1. The molecule has 434 valence electrons. The number of fused-ring (bicyclic) bond motifs is 1. The second kappa shape index (κ2) is 26.3. The Morgan fingerprint density at radius 2 is 1.65 bits per heavy atom. The Morgan fingerprint density at radius 3 is 2.29 bits per heavy atom. The van der Waals surface area contributed by atoms with E-state index < -0.39 is 107 Å². The lowest BCUT2D eigenvalue weighted by Gasteiger charge is -2.49. The van der Waals surface area contributed by atoms with Crippen LogP contribution in [0.15, 0.2) is 29.2 Å². The standard InChI is InChI=1S/C58H91N3O16/c1-15-45-58(10,69)50(64)37(6)60(13)31-33(2)29-56(8,68)51(77-55-48(63)44(59(11)12)27-34(3)73-55)35(4)49(36(5)54(67)75-45)76-46-30-57(9,70-14)52(38(7)74-46)72-26-18-25-71-24-17-16-19-39-20-23-43-41(28-39)47(62)42(53(65)66)32-61(43)40-21-22-40/h20,23,28,32-38,40,44-46,48-52,55,63-64,68-69H,15,17-18,21-22,24-27,29-31H2,1-14H3,(H,65,66)/t33-,34-,35+,36-,37-,38+,44+,45-,46+,48-,49+,50-,51-,52+,55+,56-,57-,58-/m1/s1. The number of aliphatic hydroxyl groups is 4. The summed E-state index contributed by atoms with van der Waals surface area (Å²) in [6.07, 6.45) is -3.65. The van der Waals surface area contributed by atoms with Crippen molar-refractivity contribution in [1.82, 2.24) is 14.4 Å². The number of aliphatic hydroxyl groups excluding tert-OH is 2. The van der Waals surface area contributed by atoms with Gasteiger partial charge in [-0.1, -0.05) is 32.6 Å². The van der Waals surface area contributed by atoms with Crippen LogP contribution in [0.5, 0.6) is 0 Å². The van der Waals surface area contributed by atoms with Gasteiger partial charge >= 0.3 is 11.9 Å². The zero-order valence-corrected chi connectivity index (χ0v) is 48.1. The molecule has 0 bridgehead atoms. The largest absolute Gasteiger partial charge is 0.477 e. The summed E-state index contributed by atoms with van der Waals surface area (Å²) in [5.41, 5.74) is -3.83. The molecule has 3 aliphatic heterocycles. The minimum absolute atomic E-state index is 0.176. The van der Waals surface area contributed by atoms with E-state index in [-0.39, 0.29) is 48.9 Å². The number of aromatic carboxylic acids is 1. The molecule has 0 unspecified atom stereocenters. The molecule has 18 atom stereocenters. The smallest absolute Gasteiger partial charge is 0.341 e. The van der Waals surface area contributed by atoms with Gasteiger partial charge in [0.25, 0.3) is 0 Å². The number of methoxy groups -OCH3 is 1. The fourth-order valence-electron chi connectivity index (χ4n) is 12.0. The van der Waals surface area contributed by atoms with Crippen LogP contribution in [0, 0.1) is 29.6 Å². The highest BCUT2D eigenvalue weighted by atomic mass is 16.7. The van der Waals surface area contributed by atoms with Gasteiger partial charge < -0.3 is 77.8 Å². The third-order valence-electron chi connectivity index (χ3n) is 16.7. The molecule has 2 aromatic rings. The van der Waals surface area contributed by atoms with E-state index in [9.17, 15) is 39.9 Å². The number of nitrogens with zero attached hydrogens (tertiary/aromatic N) is 3. The normalized spacial score (nSPS) is 38.1. The first-order valence-electron chi connectivity index (χ1n) is 27.8. The van der Waals surface area contributed by atoms with Crippen molar-refractivity contribution < 1.29 is 73.0 Å². The molecule has 5 N–H and O–H groups in total. The van der Waals surface area contributed by atoms with Gasteiger partial charge in [0.1, 0.15) is 35.6 Å². The van der Waals surface area contributed by atoms with E-state index in [1.54, 1.807) is 40.9 Å². The number of carbonyl (C=O) groups excluding carboxylic acids is 1. The quantitative estimate of drug-likeness (QED) is 0.0833. The summed E-state index contributed by atoms with van der Waals surface area (Å²) in [7, 11) is 7.21. The van der Waals surface area contributed by atoms with E-state index in [0.717, 1.165) is 12.8 Å². The SMILES string of the molecule is CC[C@H]1OC(=O)[C@H](C)[C@@H](O[C@H]2C[C@@](C)(OC)[C@@H](OCCCOCCC#Cc3ccc4c(c3)c(=O)c(C(=O)O)cn4C3CC3)[C@H](C)O2)[C@H](C)[C@@H](O[C@@H]2O[C@H](C)C[C@H](N(C)C)[C@H]2O)[C@](C)(O)C[C@@H](C)CN(C)[C@H](C)[C@@H](O)[C@]1(C)O. The van der Waals surface area contributed by atoms with Crippen molar-refractivity contribution >= 4 is 22.8 Å². The van der Waals surface area contributed by atoms with Gasteiger partial charge in [0.05, 0.1) is 53.7 Å². The van der Waals surface area contributed by atoms with Crippen molar-refractivity contribution in [3.8, 4) is 11.8 Å². The molecule has 19 heteroatoms. The van der Waals surface area contributed by atoms with Gasteiger partial charge in [-0.05, 0) is 132 Å². The van der Waals surface area contributed by atoms with Gasteiger partial charge in [0.15, 0.2) is 12.6 Å². The summed E-state index contributed by atoms with van der Waals surface area (Å²) >= 11 is 0. The summed E-state index contributed by atoms with van der Waals surface area (Å²) in [5.74, 6) is 2.22. The topological polar surface area (TPSA) is 238 Å². The van der Waals surface area contributed by atoms with E-state index in [1.807, 2.05) is 82.3 Å². The molecule has 4 fully saturated rings. The predicted octanol–water partition coefficient (Wildman–Crippen LogP) is 5.12. The minimum atomic E-state index is -1.84. The van der Waals surface area contributed by atoms with Crippen LogP contribution in [0.3, 0.4) is 0 Å². The predicted molar refractivity (Wildman–Crippen MR) is 288 cm³/mol. The molecule has 0 amide bonds. The lowest BCUT2D eigenvalue weighted by Crippen LogP contribution is -2.61. The van der Waals surface area contributed by atoms with Crippen molar-refractivity contribution in [2.75, 3.05) is 54.6 Å². The number of cyclic esters (lactones) is 1. The number of benzene rings is 1. The van der Waals surface area contributed by atoms with E-state index in [2.05, 4.69) is 11.8 Å². The van der Waals surface area contributed by atoms with Crippen molar-refractivity contribution in [3.05, 3.63) is 45.7 Å². The maximum absolute atomic E-state index is 14.6. The van der Waals surface area contributed by atoms with Gasteiger partial charge in [-0.3, -0.25) is 9.59 Å². The number of esters is 1. The van der Waals surface area contributed by atoms with Gasteiger partial charge in [-0.25, -0.2) is 4.79 Å². The Kier molecular flexibility index (Phi) is 21.4. The van der Waals surface area contributed by atoms with Crippen LogP contribution in [0.4, 0.5) is 0 Å². The number of aromatic nitrogens is 1. The molecule has 77 heavy (non-hydrogen) atoms. The van der Waals surface area contributed by atoms with Crippen molar-refractivity contribution in [2.24, 2.45) is 17.8 Å². The van der Waals surface area contributed by atoms with E-state index in [4.69, 9.17) is 37.9 Å². The lowest BCUT2D eigenvalue weighted by atomic mass is 9.77. The van der Waals surface area contributed by atoms with Crippen LogP contribution in [0.25, 0.3) is 10.9 Å². The highest BCUT2D eigenvalue weighted by Gasteiger charge is 2.53. The van der Waals surface area contributed by atoms with Gasteiger partial charge in [0, 0.05) is 80.9 Å². The number of rotatable bonds is 16. The number of carboxylic acids is 1. The number of likely N-dealkylation sites (N-methyl/N-ethyl adjacent to an activating group) is 2. The highest BCUT2D eigenvalue weighted by molar-refractivity contribution is 5.93. The zero-order valence-electron chi connectivity index (χ0n) is 48.1. The number of ether oxygens (including phenoxy) is 8. The summed E-state index contributed by atoms with van der Waals surface area (Å²) in [5, 5.41) is 58.1. The van der Waals surface area contributed by atoms with Crippen LogP contribution in [-0.2, 0) is 42.7 Å². The first kappa shape index (κ1) is 62.6. The Morgan fingerprint density at radius 1 is 0.948 bits per heavy atom. The van der Waals surface area contributed by atoms with Crippen molar-refractivity contribution in [1.29, 1.82) is 0 Å². The summed E-state index contributed by atoms with van der Waals surface area (Å²) < 4.78 is 53.3. The molecule has 1 aliphatic carbocycles. The summed E-state index contributed by atoms with van der Waals surface area (Å²) in [6, 6.07) is 4.65. The first-order valence-corrected chi connectivity index (χ1v) is 27.8. The molecule has 6 rings (SSSR count). The van der Waals surface area contributed by atoms with Crippen molar-refractivity contribution in [2.45, 2.75) is 217 Å². The molecule has 3 saturated heterocycles. The molecule has 1 aromatic carbocycles. The minimum Gasteiger partial charge on any atom is -0.477 e. The molecular weight excluding hydrogens is 995 g/mol. The Hall–Kier alpha value is -3.59. The van der Waals surface area contributed by atoms with E-state index in [1.165, 1.54) is 13.1 Å². The van der Waals surface area contributed by atoms with Crippen molar-refractivity contribution in [3.63, 3.8) is 0 Å². The number of carbonyl (C=O) groups is 2. The van der Waals surface area contributed by atoms with Gasteiger partial charge in [-0.15, -0.1) is 0 Å². The second-order valence-electron chi connectivity index (χ2n) is 23.6. The van der Waals surface area contributed by atoms with Crippen LogP contribution >= 0.6 is 0 Å².